The Kier molecular flexibility index (Phi) is 6.32. The van der Waals surface area contributed by atoms with Gasteiger partial charge in [-0.3, -0.25) is 4.79 Å². The van der Waals surface area contributed by atoms with Crippen LogP contribution in [0.25, 0.3) is 0 Å². The molecule has 0 radical (unpaired) electrons. The van der Waals surface area contributed by atoms with E-state index in [1.165, 1.54) is 6.07 Å². The maximum Gasteiger partial charge on any atom is 0.240 e. The van der Waals surface area contributed by atoms with Crippen molar-refractivity contribution in [1.82, 2.24) is 10.0 Å². The molecule has 6 nitrogen and oxygen atoms in total. The summed E-state index contributed by atoms with van der Waals surface area (Å²) in [6.07, 6.45) is -0.0350. The second kappa shape index (κ2) is 7.53. The minimum absolute atomic E-state index is 0.0350. The molecule has 2 atom stereocenters. The van der Waals surface area contributed by atoms with Gasteiger partial charge in [0.05, 0.1) is 4.90 Å². The summed E-state index contributed by atoms with van der Waals surface area (Å²) in [4.78, 5) is 11.0. The molecule has 1 aromatic rings. The average molecular weight is 313 g/mol. The highest BCUT2D eigenvalue weighted by Crippen LogP contribution is 2.17. The first-order valence-electron chi connectivity index (χ1n) is 6.90. The second-order valence-corrected chi connectivity index (χ2v) is 6.76. The van der Waals surface area contributed by atoms with E-state index in [1.54, 1.807) is 19.1 Å². The predicted octanol–water partition coefficient (Wildman–Crippen LogP) is 0.899. The number of rotatable bonds is 8. The lowest BCUT2D eigenvalue weighted by Crippen LogP contribution is -2.35. The summed E-state index contributed by atoms with van der Waals surface area (Å²) >= 11 is 0. The van der Waals surface area contributed by atoms with Crippen LogP contribution in [0.3, 0.4) is 0 Å². The summed E-state index contributed by atoms with van der Waals surface area (Å²) in [7, 11) is -3.66. The number of carbonyl (C=O) groups excluding carboxylic acids is 1. The monoisotopic (exact) mass is 313 g/mol. The molecule has 4 N–H and O–H groups in total. The smallest absolute Gasteiger partial charge is 0.240 e. The Bertz CT molecular complexity index is 587. The van der Waals surface area contributed by atoms with Crippen molar-refractivity contribution in [3.05, 3.63) is 29.8 Å². The van der Waals surface area contributed by atoms with Gasteiger partial charge in [0.1, 0.15) is 0 Å². The number of nitrogens with two attached hydrogens (primary N) is 1. The maximum absolute atomic E-state index is 12.3. The van der Waals surface area contributed by atoms with Gasteiger partial charge in [-0.2, -0.15) is 0 Å². The molecule has 1 aromatic carbocycles. The lowest BCUT2D eigenvalue weighted by molar-refractivity contribution is -0.118. The molecule has 0 aliphatic heterocycles. The van der Waals surface area contributed by atoms with Crippen molar-refractivity contribution in [2.45, 2.75) is 44.2 Å². The molecule has 1 amide bonds. The number of nitrogens with one attached hydrogen (secondary N) is 2. The van der Waals surface area contributed by atoms with Crippen LogP contribution in [0, 0.1) is 0 Å². The average Bonchev–Trinajstić information content (AvgIpc) is 2.37. The van der Waals surface area contributed by atoms with Crippen molar-refractivity contribution in [2.75, 3.05) is 6.54 Å². The Morgan fingerprint density at radius 2 is 2.00 bits per heavy atom. The number of hydrogen-bond acceptors (Lipinski definition) is 4. The van der Waals surface area contributed by atoms with Crippen molar-refractivity contribution < 1.29 is 13.2 Å². The maximum atomic E-state index is 12.3. The van der Waals surface area contributed by atoms with E-state index in [0.29, 0.717) is 0 Å². The molecular weight excluding hydrogens is 290 g/mol. The zero-order valence-electron chi connectivity index (χ0n) is 12.6. The summed E-state index contributed by atoms with van der Waals surface area (Å²) in [5.41, 5.74) is 5.96. The topological polar surface area (TPSA) is 101 Å². The summed E-state index contributed by atoms with van der Waals surface area (Å²) in [5.74, 6) is -0.542. The molecule has 0 bridgehead atoms. The molecule has 0 spiro atoms. The van der Waals surface area contributed by atoms with Crippen molar-refractivity contribution in [1.29, 1.82) is 0 Å². The fraction of sp³-hybridized carbons (Fsp3) is 0.500. The fourth-order valence-electron chi connectivity index (χ4n) is 2.05. The van der Waals surface area contributed by atoms with E-state index in [9.17, 15) is 13.2 Å². The number of sulfonamides is 1. The van der Waals surface area contributed by atoms with Crippen LogP contribution in [-0.2, 0) is 14.8 Å². The summed E-state index contributed by atoms with van der Waals surface area (Å²) < 4.78 is 27.0. The van der Waals surface area contributed by atoms with Gasteiger partial charge in [0.25, 0.3) is 0 Å². The van der Waals surface area contributed by atoms with Crippen LogP contribution in [0.1, 0.15) is 38.8 Å². The van der Waals surface area contributed by atoms with E-state index >= 15 is 0 Å². The molecular formula is C14H23N3O3S. The van der Waals surface area contributed by atoms with E-state index in [1.807, 2.05) is 19.9 Å². The van der Waals surface area contributed by atoms with E-state index in [0.717, 1.165) is 12.1 Å². The molecule has 2 unspecified atom stereocenters. The number of primary amides is 1. The van der Waals surface area contributed by atoms with Crippen molar-refractivity contribution in [3.8, 4) is 0 Å². The Morgan fingerprint density at radius 3 is 2.57 bits per heavy atom. The summed E-state index contributed by atoms with van der Waals surface area (Å²) in [6, 6.07) is 6.26. The SMILES string of the molecule is CCNC(C)c1cccc(S(=O)(=O)NC(C)CC(N)=O)c1. The second-order valence-electron chi connectivity index (χ2n) is 5.04. The molecule has 7 heteroatoms. The molecule has 0 aliphatic carbocycles. The van der Waals surface area contributed by atoms with E-state index in [4.69, 9.17) is 5.73 Å². The lowest BCUT2D eigenvalue weighted by Gasteiger charge is -2.16. The first-order valence-corrected chi connectivity index (χ1v) is 8.38. The third-order valence-corrected chi connectivity index (χ3v) is 4.63. The largest absolute Gasteiger partial charge is 0.370 e. The number of amides is 1. The van der Waals surface area contributed by atoms with E-state index in [-0.39, 0.29) is 17.4 Å². The van der Waals surface area contributed by atoms with Crippen molar-refractivity contribution in [3.63, 3.8) is 0 Å². The van der Waals surface area contributed by atoms with E-state index in [2.05, 4.69) is 10.0 Å². The van der Waals surface area contributed by atoms with Crippen LogP contribution in [0.15, 0.2) is 29.2 Å². The molecule has 118 valence electrons. The Hall–Kier alpha value is -1.44. The van der Waals surface area contributed by atoms with Crippen LogP contribution in [0.4, 0.5) is 0 Å². The van der Waals surface area contributed by atoms with Crippen LogP contribution in [0.5, 0.6) is 0 Å². The first-order chi connectivity index (χ1) is 9.76. The predicted molar refractivity (Wildman–Crippen MR) is 82.1 cm³/mol. The Morgan fingerprint density at radius 1 is 1.33 bits per heavy atom. The zero-order valence-corrected chi connectivity index (χ0v) is 13.4. The van der Waals surface area contributed by atoms with Gasteiger partial charge < -0.3 is 11.1 Å². The minimum Gasteiger partial charge on any atom is -0.370 e. The normalized spacial score (nSPS) is 14.6. The first kappa shape index (κ1) is 17.6. The van der Waals surface area contributed by atoms with Gasteiger partial charge in [-0.15, -0.1) is 0 Å². The van der Waals surface area contributed by atoms with Gasteiger partial charge in [-0.1, -0.05) is 19.1 Å². The Labute approximate surface area is 126 Å². The molecule has 0 saturated heterocycles. The van der Waals surface area contributed by atoms with Gasteiger partial charge in [-0.05, 0) is 38.1 Å². The summed E-state index contributed by atoms with van der Waals surface area (Å²) in [5, 5.41) is 3.23. The summed E-state index contributed by atoms with van der Waals surface area (Å²) in [6.45, 7) is 6.36. The molecule has 1 rings (SSSR count). The molecule has 0 heterocycles. The molecule has 0 fully saturated rings. The van der Waals surface area contributed by atoms with E-state index < -0.39 is 22.0 Å². The molecule has 0 aliphatic rings. The fourth-order valence-corrected chi connectivity index (χ4v) is 3.35. The number of benzene rings is 1. The third-order valence-electron chi connectivity index (χ3n) is 3.04. The van der Waals surface area contributed by atoms with Gasteiger partial charge in [0.15, 0.2) is 0 Å². The van der Waals surface area contributed by atoms with Crippen LogP contribution in [0.2, 0.25) is 0 Å². The van der Waals surface area contributed by atoms with Gasteiger partial charge in [-0.25, -0.2) is 13.1 Å². The Balaban J connectivity index is 2.93. The molecule has 0 saturated carbocycles. The minimum atomic E-state index is -3.66. The van der Waals surface area contributed by atoms with Crippen molar-refractivity contribution >= 4 is 15.9 Å². The lowest BCUT2D eigenvalue weighted by atomic mass is 10.1. The highest BCUT2D eigenvalue weighted by molar-refractivity contribution is 7.89. The highest BCUT2D eigenvalue weighted by Gasteiger charge is 2.19. The van der Waals surface area contributed by atoms with Crippen LogP contribution < -0.4 is 15.8 Å². The van der Waals surface area contributed by atoms with Gasteiger partial charge in [0, 0.05) is 18.5 Å². The number of carbonyl (C=O) groups is 1. The highest BCUT2D eigenvalue weighted by atomic mass is 32.2. The van der Waals surface area contributed by atoms with Crippen LogP contribution in [-0.4, -0.2) is 26.9 Å². The standard InChI is InChI=1S/C14H23N3O3S/c1-4-16-11(3)12-6-5-7-13(9-12)21(19,20)17-10(2)8-14(15)18/h5-7,9-11,16-17H,4,8H2,1-3H3,(H2,15,18). The van der Waals surface area contributed by atoms with Crippen LogP contribution >= 0.6 is 0 Å². The van der Waals surface area contributed by atoms with Gasteiger partial charge >= 0.3 is 0 Å². The van der Waals surface area contributed by atoms with Gasteiger partial charge in [0.2, 0.25) is 15.9 Å². The molecule has 21 heavy (non-hydrogen) atoms. The molecule has 0 aromatic heterocycles. The van der Waals surface area contributed by atoms with Crippen molar-refractivity contribution in [2.24, 2.45) is 5.73 Å². The third kappa shape index (κ3) is 5.45. The quantitative estimate of drug-likeness (QED) is 0.663. The number of hydrogen-bond donors (Lipinski definition) is 3. The zero-order chi connectivity index (χ0) is 16.0.